The minimum Gasteiger partial charge on any atom is -0.353 e. The lowest BCUT2D eigenvalue weighted by molar-refractivity contribution is -0.124. The second-order valence-corrected chi connectivity index (χ2v) is 8.64. The van der Waals surface area contributed by atoms with Crippen LogP contribution in [0.4, 0.5) is 0 Å². The van der Waals surface area contributed by atoms with Gasteiger partial charge < -0.3 is 15.5 Å². The van der Waals surface area contributed by atoms with E-state index in [4.69, 9.17) is 11.6 Å². The monoisotopic (exact) mass is 393 g/mol. The van der Waals surface area contributed by atoms with Crippen molar-refractivity contribution in [2.75, 3.05) is 26.2 Å². The zero-order valence-electron chi connectivity index (χ0n) is 16.8. The Morgan fingerprint density at radius 2 is 1.74 bits per heavy atom. The fourth-order valence-corrected chi connectivity index (χ4v) is 3.91. The van der Waals surface area contributed by atoms with Crippen molar-refractivity contribution in [3.05, 3.63) is 34.9 Å². The van der Waals surface area contributed by atoms with Crippen LogP contribution in [0.25, 0.3) is 0 Å². The van der Waals surface area contributed by atoms with Crippen molar-refractivity contribution in [1.82, 2.24) is 15.5 Å². The average molecular weight is 394 g/mol. The summed E-state index contributed by atoms with van der Waals surface area (Å²) < 4.78 is 0. The molecule has 3 unspecified atom stereocenters. The highest BCUT2D eigenvalue weighted by Gasteiger charge is 2.25. The van der Waals surface area contributed by atoms with Gasteiger partial charge in [0.25, 0.3) is 5.91 Å². The molecule has 1 saturated heterocycles. The molecule has 1 aliphatic heterocycles. The van der Waals surface area contributed by atoms with Crippen LogP contribution in [0.15, 0.2) is 24.3 Å². The Bertz CT molecular complexity index is 623. The standard InChI is InChI=1S/C21H32ClN3O2/c1-14(2)19(24-20(26)17-5-7-18(22)8-6-17)21(27)23-9-10-25-12-15(3)11-16(4)13-25/h5-8,14-16,19H,9-13H2,1-4H3,(H,23,27)(H,24,26). The number of carbonyl (C=O) groups excluding carboxylic acids is 2. The number of piperidine rings is 1. The Morgan fingerprint density at radius 1 is 1.15 bits per heavy atom. The summed E-state index contributed by atoms with van der Waals surface area (Å²) >= 11 is 5.86. The van der Waals surface area contributed by atoms with Crippen molar-refractivity contribution in [3.8, 4) is 0 Å². The molecule has 2 N–H and O–H groups in total. The number of benzene rings is 1. The largest absolute Gasteiger partial charge is 0.353 e. The van der Waals surface area contributed by atoms with Crippen molar-refractivity contribution in [2.45, 2.75) is 40.2 Å². The van der Waals surface area contributed by atoms with E-state index in [1.54, 1.807) is 24.3 Å². The number of halogens is 1. The first-order valence-corrected chi connectivity index (χ1v) is 10.2. The van der Waals surface area contributed by atoms with Gasteiger partial charge in [0.2, 0.25) is 5.91 Å². The molecular weight excluding hydrogens is 362 g/mol. The molecule has 5 nitrogen and oxygen atoms in total. The number of nitrogens with one attached hydrogen (secondary N) is 2. The lowest BCUT2D eigenvalue weighted by Crippen LogP contribution is -2.51. The molecule has 0 aromatic heterocycles. The van der Waals surface area contributed by atoms with E-state index in [1.807, 2.05) is 13.8 Å². The van der Waals surface area contributed by atoms with Crippen LogP contribution in [0.2, 0.25) is 5.02 Å². The Kier molecular flexibility index (Phi) is 8.11. The second-order valence-electron chi connectivity index (χ2n) is 8.20. The fourth-order valence-electron chi connectivity index (χ4n) is 3.78. The summed E-state index contributed by atoms with van der Waals surface area (Å²) in [5.41, 5.74) is 0.495. The zero-order chi connectivity index (χ0) is 20.0. The minimum absolute atomic E-state index is 0.00344. The van der Waals surface area contributed by atoms with Gasteiger partial charge in [-0.05, 0) is 48.4 Å². The number of amides is 2. The quantitative estimate of drug-likeness (QED) is 0.747. The van der Waals surface area contributed by atoms with E-state index in [0.717, 1.165) is 19.6 Å². The molecule has 1 heterocycles. The van der Waals surface area contributed by atoms with Crippen LogP contribution in [0, 0.1) is 17.8 Å². The van der Waals surface area contributed by atoms with Crippen LogP contribution in [-0.4, -0.2) is 48.9 Å². The number of nitrogens with zero attached hydrogens (tertiary/aromatic N) is 1. The van der Waals surface area contributed by atoms with Gasteiger partial charge in [0.05, 0.1) is 0 Å². The summed E-state index contributed by atoms with van der Waals surface area (Å²) in [7, 11) is 0. The number of hydrogen-bond acceptors (Lipinski definition) is 3. The molecule has 0 radical (unpaired) electrons. The Balaban J connectivity index is 1.85. The molecule has 6 heteroatoms. The van der Waals surface area contributed by atoms with Crippen LogP contribution in [0.5, 0.6) is 0 Å². The highest BCUT2D eigenvalue weighted by molar-refractivity contribution is 6.30. The fraction of sp³-hybridized carbons (Fsp3) is 0.619. The third kappa shape index (κ3) is 6.82. The molecule has 0 spiro atoms. The van der Waals surface area contributed by atoms with E-state index in [-0.39, 0.29) is 17.7 Å². The summed E-state index contributed by atoms with van der Waals surface area (Å²) in [5, 5.41) is 6.41. The number of likely N-dealkylation sites (tertiary alicyclic amines) is 1. The van der Waals surface area contributed by atoms with Gasteiger partial charge in [-0.25, -0.2) is 0 Å². The first kappa shape index (κ1) is 21.7. The molecule has 1 fully saturated rings. The Morgan fingerprint density at radius 3 is 2.30 bits per heavy atom. The summed E-state index contributed by atoms with van der Waals surface area (Å²) in [4.78, 5) is 27.4. The predicted octanol–water partition coefficient (Wildman–Crippen LogP) is 3.19. The van der Waals surface area contributed by atoms with E-state index < -0.39 is 6.04 Å². The molecule has 150 valence electrons. The van der Waals surface area contributed by atoms with Crippen molar-refractivity contribution in [2.24, 2.45) is 17.8 Å². The third-order valence-electron chi connectivity index (χ3n) is 5.01. The van der Waals surface area contributed by atoms with Gasteiger partial charge in [-0.3, -0.25) is 9.59 Å². The Labute approximate surface area is 167 Å². The second kappa shape index (κ2) is 10.1. The van der Waals surface area contributed by atoms with E-state index in [1.165, 1.54) is 6.42 Å². The molecule has 0 aliphatic carbocycles. The zero-order valence-corrected chi connectivity index (χ0v) is 17.6. The van der Waals surface area contributed by atoms with Crippen molar-refractivity contribution in [1.29, 1.82) is 0 Å². The molecule has 1 aromatic carbocycles. The molecule has 2 amide bonds. The van der Waals surface area contributed by atoms with Crippen LogP contribution in [-0.2, 0) is 4.79 Å². The summed E-state index contributed by atoms with van der Waals surface area (Å²) in [6.07, 6.45) is 1.27. The third-order valence-corrected chi connectivity index (χ3v) is 5.27. The van der Waals surface area contributed by atoms with E-state index in [0.29, 0.717) is 29.0 Å². The van der Waals surface area contributed by atoms with Gasteiger partial charge in [0.15, 0.2) is 0 Å². The smallest absolute Gasteiger partial charge is 0.251 e. The predicted molar refractivity (Wildman–Crippen MR) is 110 cm³/mol. The van der Waals surface area contributed by atoms with Crippen LogP contribution < -0.4 is 10.6 Å². The van der Waals surface area contributed by atoms with E-state index in [9.17, 15) is 9.59 Å². The highest BCUT2D eigenvalue weighted by atomic mass is 35.5. The van der Waals surface area contributed by atoms with Gasteiger partial charge in [-0.1, -0.05) is 39.3 Å². The normalized spacial score (nSPS) is 21.7. The van der Waals surface area contributed by atoms with E-state index in [2.05, 4.69) is 29.4 Å². The first-order valence-electron chi connectivity index (χ1n) is 9.82. The van der Waals surface area contributed by atoms with Crippen molar-refractivity contribution >= 4 is 23.4 Å². The lowest BCUT2D eigenvalue weighted by atomic mass is 9.92. The molecule has 2 rings (SSSR count). The average Bonchev–Trinajstić information content (AvgIpc) is 2.58. The maximum Gasteiger partial charge on any atom is 0.251 e. The van der Waals surface area contributed by atoms with Crippen LogP contribution in [0.1, 0.15) is 44.5 Å². The number of carbonyl (C=O) groups is 2. The maximum atomic E-state index is 12.6. The highest BCUT2D eigenvalue weighted by Crippen LogP contribution is 2.20. The summed E-state index contributed by atoms with van der Waals surface area (Å²) in [6.45, 7) is 12.0. The van der Waals surface area contributed by atoms with Gasteiger partial charge in [0.1, 0.15) is 6.04 Å². The SMILES string of the molecule is CC1CC(C)CN(CCNC(=O)C(NC(=O)c2ccc(Cl)cc2)C(C)C)C1. The molecule has 27 heavy (non-hydrogen) atoms. The molecule has 3 atom stereocenters. The van der Waals surface area contributed by atoms with E-state index >= 15 is 0 Å². The minimum atomic E-state index is -0.563. The molecule has 1 aliphatic rings. The maximum absolute atomic E-state index is 12.6. The number of rotatable bonds is 7. The molecule has 0 saturated carbocycles. The van der Waals surface area contributed by atoms with Gasteiger partial charge in [-0.15, -0.1) is 0 Å². The van der Waals surface area contributed by atoms with Crippen molar-refractivity contribution < 1.29 is 9.59 Å². The van der Waals surface area contributed by atoms with Gasteiger partial charge in [-0.2, -0.15) is 0 Å². The summed E-state index contributed by atoms with van der Waals surface area (Å²) in [6, 6.07) is 6.09. The number of hydrogen-bond donors (Lipinski definition) is 2. The Hall–Kier alpha value is -1.59. The molecule has 1 aromatic rings. The van der Waals surface area contributed by atoms with Crippen LogP contribution in [0.3, 0.4) is 0 Å². The van der Waals surface area contributed by atoms with Crippen LogP contribution >= 0.6 is 11.6 Å². The molecular formula is C21H32ClN3O2. The van der Waals surface area contributed by atoms with Gasteiger partial charge >= 0.3 is 0 Å². The lowest BCUT2D eigenvalue weighted by Gasteiger charge is -2.35. The van der Waals surface area contributed by atoms with Gasteiger partial charge in [0, 0.05) is 36.8 Å². The topological polar surface area (TPSA) is 61.4 Å². The first-order chi connectivity index (χ1) is 12.8. The summed E-state index contributed by atoms with van der Waals surface area (Å²) in [5.74, 6) is 0.999. The van der Waals surface area contributed by atoms with Crippen molar-refractivity contribution in [3.63, 3.8) is 0 Å². The molecule has 0 bridgehead atoms.